The molecule has 0 spiro atoms. The Hall–Kier alpha value is -1.63. The molecule has 2 aliphatic rings. The SMILES string of the molecule is N=Cc1ccccc1C1CCCCC1C1=CC=CC1. The molecule has 1 heteroatoms. The Morgan fingerprint density at radius 1 is 1.05 bits per heavy atom. The summed E-state index contributed by atoms with van der Waals surface area (Å²) in [5.41, 5.74) is 4.09. The van der Waals surface area contributed by atoms with Gasteiger partial charge >= 0.3 is 0 Å². The lowest BCUT2D eigenvalue weighted by molar-refractivity contribution is 0.345. The maximum absolute atomic E-state index is 7.63. The summed E-state index contributed by atoms with van der Waals surface area (Å²) in [7, 11) is 0. The Kier molecular flexibility index (Phi) is 3.63. The van der Waals surface area contributed by atoms with Crippen molar-refractivity contribution in [1.29, 1.82) is 5.41 Å². The van der Waals surface area contributed by atoms with Crippen molar-refractivity contribution >= 4 is 6.21 Å². The average Bonchev–Trinajstić information content (AvgIpc) is 3.01. The Morgan fingerprint density at radius 2 is 1.84 bits per heavy atom. The summed E-state index contributed by atoms with van der Waals surface area (Å²) in [6.07, 6.45) is 14.7. The fraction of sp³-hybridized carbons (Fsp3) is 0.389. The predicted molar refractivity (Wildman–Crippen MR) is 80.9 cm³/mol. The van der Waals surface area contributed by atoms with Crippen LogP contribution in [0.4, 0.5) is 0 Å². The van der Waals surface area contributed by atoms with Crippen LogP contribution in [0.25, 0.3) is 0 Å². The summed E-state index contributed by atoms with van der Waals surface area (Å²) in [6.45, 7) is 0. The monoisotopic (exact) mass is 251 g/mol. The number of allylic oxidation sites excluding steroid dienone is 4. The van der Waals surface area contributed by atoms with Gasteiger partial charge in [-0.1, -0.05) is 60.9 Å². The first-order chi connectivity index (χ1) is 9.40. The maximum Gasteiger partial charge on any atom is 0.0253 e. The van der Waals surface area contributed by atoms with E-state index in [0.29, 0.717) is 11.8 Å². The lowest BCUT2D eigenvalue weighted by atomic mass is 9.71. The highest BCUT2D eigenvalue weighted by atomic mass is 14.4. The molecule has 2 unspecified atom stereocenters. The zero-order valence-corrected chi connectivity index (χ0v) is 11.3. The fourth-order valence-electron chi connectivity index (χ4n) is 3.67. The van der Waals surface area contributed by atoms with E-state index in [-0.39, 0.29) is 0 Å². The van der Waals surface area contributed by atoms with Gasteiger partial charge in [0.15, 0.2) is 0 Å². The normalized spacial score (nSPS) is 26.2. The lowest BCUT2D eigenvalue weighted by Crippen LogP contribution is -2.20. The van der Waals surface area contributed by atoms with Gasteiger partial charge in [-0.3, -0.25) is 0 Å². The van der Waals surface area contributed by atoms with Gasteiger partial charge in [-0.2, -0.15) is 0 Å². The van der Waals surface area contributed by atoms with E-state index in [1.165, 1.54) is 37.5 Å². The average molecular weight is 251 g/mol. The number of rotatable bonds is 3. The third kappa shape index (κ3) is 2.42. The van der Waals surface area contributed by atoms with Crippen molar-refractivity contribution in [2.75, 3.05) is 0 Å². The minimum Gasteiger partial charge on any atom is -0.308 e. The molecule has 2 aliphatic carbocycles. The molecular weight excluding hydrogens is 230 g/mol. The molecule has 0 heterocycles. The Labute approximate surface area is 115 Å². The van der Waals surface area contributed by atoms with E-state index in [4.69, 9.17) is 5.41 Å². The van der Waals surface area contributed by atoms with Gasteiger partial charge in [-0.15, -0.1) is 0 Å². The van der Waals surface area contributed by atoms with Crippen molar-refractivity contribution in [2.24, 2.45) is 5.92 Å². The number of benzene rings is 1. The van der Waals surface area contributed by atoms with E-state index in [0.717, 1.165) is 12.0 Å². The van der Waals surface area contributed by atoms with Gasteiger partial charge in [0.25, 0.3) is 0 Å². The quantitative estimate of drug-likeness (QED) is 0.743. The number of nitrogens with one attached hydrogen (secondary N) is 1. The van der Waals surface area contributed by atoms with Crippen molar-refractivity contribution in [3.63, 3.8) is 0 Å². The first-order valence-corrected chi connectivity index (χ1v) is 7.35. The summed E-state index contributed by atoms with van der Waals surface area (Å²) < 4.78 is 0. The summed E-state index contributed by atoms with van der Waals surface area (Å²) in [5.74, 6) is 1.29. The summed E-state index contributed by atoms with van der Waals surface area (Å²) >= 11 is 0. The third-order valence-electron chi connectivity index (χ3n) is 4.59. The van der Waals surface area contributed by atoms with Gasteiger partial charge in [-0.05, 0) is 42.2 Å². The van der Waals surface area contributed by atoms with Gasteiger partial charge in [-0.25, -0.2) is 0 Å². The van der Waals surface area contributed by atoms with E-state index >= 15 is 0 Å². The van der Waals surface area contributed by atoms with Crippen molar-refractivity contribution in [1.82, 2.24) is 0 Å². The van der Waals surface area contributed by atoms with Gasteiger partial charge in [0.05, 0.1) is 0 Å². The molecule has 98 valence electrons. The van der Waals surface area contributed by atoms with Crippen LogP contribution in [0.1, 0.15) is 49.1 Å². The lowest BCUT2D eigenvalue weighted by Gasteiger charge is -2.34. The van der Waals surface area contributed by atoms with Crippen LogP contribution >= 0.6 is 0 Å². The molecule has 0 aliphatic heterocycles. The van der Waals surface area contributed by atoms with Crippen molar-refractivity contribution in [3.05, 3.63) is 59.2 Å². The molecule has 0 radical (unpaired) electrons. The van der Waals surface area contributed by atoms with E-state index in [9.17, 15) is 0 Å². The molecule has 0 bridgehead atoms. The predicted octanol–water partition coefficient (Wildman–Crippen LogP) is 4.84. The van der Waals surface area contributed by atoms with Crippen LogP contribution in [-0.4, -0.2) is 6.21 Å². The van der Waals surface area contributed by atoms with Gasteiger partial charge in [0, 0.05) is 6.21 Å². The molecule has 0 aromatic heterocycles. The molecule has 1 N–H and O–H groups in total. The van der Waals surface area contributed by atoms with Crippen LogP contribution in [0.2, 0.25) is 0 Å². The molecule has 1 nitrogen and oxygen atoms in total. The highest BCUT2D eigenvalue weighted by molar-refractivity contribution is 5.79. The molecule has 2 atom stereocenters. The zero-order valence-electron chi connectivity index (χ0n) is 11.3. The van der Waals surface area contributed by atoms with Crippen LogP contribution in [0.15, 0.2) is 48.1 Å². The minimum atomic E-state index is 0.609. The van der Waals surface area contributed by atoms with Crippen LogP contribution in [0.5, 0.6) is 0 Å². The van der Waals surface area contributed by atoms with Gasteiger partial charge in [0.1, 0.15) is 0 Å². The summed E-state index contributed by atoms with van der Waals surface area (Å²) in [4.78, 5) is 0. The summed E-state index contributed by atoms with van der Waals surface area (Å²) in [5, 5.41) is 7.63. The van der Waals surface area contributed by atoms with E-state index in [1.54, 1.807) is 5.57 Å². The van der Waals surface area contributed by atoms with Crippen LogP contribution in [0, 0.1) is 11.3 Å². The molecule has 1 aromatic rings. The molecule has 3 rings (SSSR count). The number of hydrogen-bond acceptors (Lipinski definition) is 1. The highest BCUT2D eigenvalue weighted by Gasteiger charge is 2.30. The molecule has 1 saturated carbocycles. The number of hydrogen-bond donors (Lipinski definition) is 1. The van der Waals surface area contributed by atoms with Crippen molar-refractivity contribution in [3.8, 4) is 0 Å². The van der Waals surface area contributed by atoms with Crippen molar-refractivity contribution in [2.45, 2.75) is 38.0 Å². The fourth-order valence-corrected chi connectivity index (χ4v) is 3.67. The second-order valence-corrected chi connectivity index (χ2v) is 5.64. The Morgan fingerprint density at radius 3 is 2.58 bits per heavy atom. The minimum absolute atomic E-state index is 0.609. The smallest absolute Gasteiger partial charge is 0.0253 e. The van der Waals surface area contributed by atoms with E-state index < -0.39 is 0 Å². The standard InChI is InChI=1S/C18H21N/c19-13-15-9-3-4-11-17(15)18-12-6-5-10-16(18)14-7-1-2-8-14/h1-4,7,9,11,13,16,18-19H,5-6,8,10,12H2. The van der Waals surface area contributed by atoms with E-state index in [1.807, 2.05) is 6.07 Å². The first kappa shape index (κ1) is 12.4. The second-order valence-electron chi connectivity index (χ2n) is 5.64. The Balaban J connectivity index is 1.93. The maximum atomic E-state index is 7.63. The topological polar surface area (TPSA) is 23.9 Å². The largest absolute Gasteiger partial charge is 0.308 e. The zero-order chi connectivity index (χ0) is 13.1. The second kappa shape index (κ2) is 5.56. The summed E-state index contributed by atoms with van der Waals surface area (Å²) in [6, 6.07) is 8.47. The highest BCUT2D eigenvalue weighted by Crippen LogP contribution is 2.44. The molecular formula is C18H21N. The van der Waals surface area contributed by atoms with Crippen LogP contribution in [-0.2, 0) is 0 Å². The molecule has 1 aromatic carbocycles. The molecule has 0 saturated heterocycles. The van der Waals surface area contributed by atoms with E-state index in [2.05, 4.69) is 36.4 Å². The molecule has 0 amide bonds. The first-order valence-electron chi connectivity index (χ1n) is 7.35. The third-order valence-corrected chi connectivity index (χ3v) is 4.59. The van der Waals surface area contributed by atoms with Crippen LogP contribution < -0.4 is 0 Å². The molecule has 19 heavy (non-hydrogen) atoms. The van der Waals surface area contributed by atoms with Crippen LogP contribution in [0.3, 0.4) is 0 Å². The van der Waals surface area contributed by atoms with Crippen molar-refractivity contribution < 1.29 is 0 Å². The van der Waals surface area contributed by atoms with Gasteiger partial charge < -0.3 is 5.41 Å². The molecule has 1 fully saturated rings. The van der Waals surface area contributed by atoms with Gasteiger partial charge in [0.2, 0.25) is 0 Å². The Bertz CT molecular complexity index is 524.